The van der Waals surface area contributed by atoms with Gasteiger partial charge in [-0.05, 0) is 50.2 Å². The predicted octanol–water partition coefficient (Wildman–Crippen LogP) is 4.32. The predicted molar refractivity (Wildman–Crippen MR) is 113 cm³/mol. The van der Waals surface area contributed by atoms with Gasteiger partial charge in [-0.15, -0.1) is 11.3 Å². The average molecular weight is 431 g/mol. The lowest BCUT2D eigenvalue weighted by Gasteiger charge is -2.13. The normalized spacial score (nSPS) is 11.9. The number of aryl methyl sites for hydroxylation is 1. The molecule has 1 amide bonds. The van der Waals surface area contributed by atoms with E-state index < -0.39 is 12.1 Å². The second-order valence-electron chi connectivity index (χ2n) is 6.55. The molecule has 0 aliphatic heterocycles. The molecule has 0 aliphatic rings. The average Bonchev–Trinajstić information content (AvgIpc) is 3.14. The van der Waals surface area contributed by atoms with Crippen LogP contribution in [0.1, 0.15) is 44.4 Å². The van der Waals surface area contributed by atoms with Crippen LogP contribution in [0, 0.1) is 6.92 Å². The van der Waals surface area contributed by atoms with Crippen molar-refractivity contribution in [1.82, 2.24) is 10.3 Å². The smallest absolute Gasteiger partial charge is 0.340 e. The molecule has 1 unspecified atom stereocenters. The second-order valence-corrected chi connectivity index (χ2v) is 8.15. The minimum atomic E-state index is -0.954. The molecule has 6 nitrogen and oxygen atoms in total. The van der Waals surface area contributed by atoms with Gasteiger partial charge in [-0.1, -0.05) is 11.6 Å². The van der Waals surface area contributed by atoms with Gasteiger partial charge in [-0.25, -0.2) is 4.79 Å². The van der Waals surface area contributed by atoms with Crippen molar-refractivity contribution in [3.05, 3.63) is 62.4 Å². The molecule has 1 aromatic carbocycles. The third kappa shape index (κ3) is 4.99. The summed E-state index contributed by atoms with van der Waals surface area (Å²) in [5, 5.41) is 3.94. The standard InChI is InChI=1S/C21H19ClN2O4S/c1-11-17(9-14-8-15(22)4-6-18(14)24-11)21(27)28-12(2)20(26)19-7-5-16(29-19)10-23-13(3)25/h4-9,12H,10H2,1-3H3,(H,23,25). The van der Waals surface area contributed by atoms with Crippen LogP contribution in [-0.2, 0) is 16.1 Å². The highest BCUT2D eigenvalue weighted by atomic mass is 35.5. The zero-order valence-electron chi connectivity index (χ0n) is 16.1. The van der Waals surface area contributed by atoms with Crippen molar-refractivity contribution in [2.24, 2.45) is 0 Å². The van der Waals surface area contributed by atoms with Crippen molar-refractivity contribution in [2.75, 3.05) is 0 Å². The molecule has 0 radical (unpaired) electrons. The fourth-order valence-corrected chi connectivity index (χ4v) is 3.89. The number of nitrogens with zero attached hydrogens (tertiary/aromatic N) is 1. The Morgan fingerprint density at radius 1 is 1.21 bits per heavy atom. The number of amides is 1. The van der Waals surface area contributed by atoms with E-state index in [1.54, 1.807) is 43.3 Å². The quantitative estimate of drug-likeness (QED) is 0.465. The summed E-state index contributed by atoms with van der Waals surface area (Å²) in [5.74, 6) is -1.06. The van der Waals surface area contributed by atoms with E-state index in [1.807, 2.05) is 0 Å². The number of esters is 1. The van der Waals surface area contributed by atoms with E-state index in [0.29, 0.717) is 22.1 Å². The Hall–Kier alpha value is -2.77. The molecule has 0 saturated heterocycles. The summed E-state index contributed by atoms with van der Waals surface area (Å²) in [6.07, 6.45) is -0.954. The summed E-state index contributed by atoms with van der Waals surface area (Å²) >= 11 is 7.27. The van der Waals surface area contributed by atoms with Gasteiger partial charge >= 0.3 is 5.97 Å². The number of ketones is 1. The number of benzene rings is 1. The van der Waals surface area contributed by atoms with Crippen LogP contribution in [0.2, 0.25) is 5.02 Å². The van der Waals surface area contributed by atoms with E-state index in [-0.39, 0.29) is 17.3 Å². The van der Waals surface area contributed by atoms with Gasteiger partial charge < -0.3 is 10.1 Å². The molecule has 0 spiro atoms. The number of halogens is 1. The maximum Gasteiger partial charge on any atom is 0.340 e. The fraction of sp³-hybridized carbons (Fsp3) is 0.238. The number of rotatable bonds is 6. The second kappa shape index (κ2) is 8.71. The lowest BCUT2D eigenvalue weighted by molar-refractivity contribution is -0.119. The van der Waals surface area contributed by atoms with Crippen LogP contribution in [0.5, 0.6) is 0 Å². The Kier molecular flexibility index (Phi) is 6.30. The number of carbonyl (C=O) groups is 3. The first-order valence-corrected chi connectivity index (χ1v) is 10.1. The van der Waals surface area contributed by atoms with Gasteiger partial charge in [0.1, 0.15) is 0 Å². The highest BCUT2D eigenvalue weighted by Gasteiger charge is 2.23. The first kappa shape index (κ1) is 21.0. The number of hydrogen-bond acceptors (Lipinski definition) is 6. The molecular weight excluding hydrogens is 412 g/mol. The molecule has 2 aromatic heterocycles. The fourth-order valence-electron chi connectivity index (χ4n) is 2.75. The molecule has 8 heteroatoms. The Morgan fingerprint density at radius 3 is 2.69 bits per heavy atom. The summed E-state index contributed by atoms with van der Waals surface area (Å²) < 4.78 is 5.40. The molecule has 1 N–H and O–H groups in total. The van der Waals surface area contributed by atoms with Crippen LogP contribution in [0.15, 0.2) is 36.4 Å². The zero-order chi connectivity index (χ0) is 21.1. The molecule has 0 bridgehead atoms. The number of ether oxygens (including phenoxy) is 1. The van der Waals surface area contributed by atoms with Gasteiger partial charge in [0.15, 0.2) is 6.10 Å². The number of thiophene rings is 1. The number of aromatic nitrogens is 1. The molecule has 2 heterocycles. The van der Waals surface area contributed by atoms with Gasteiger partial charge in [-0.2, -0.15) is 0 Å². The van der Waals surface area contributed by atoms with E-state index in [4.69, 9.17) is 16.3 Å². The van der Waals surface area contributed by atoms with E-state index in [9.17, 15) is 14.4 Å². The first-order chi connectivity index (χ1) is 13.7. The van der Waals surface area contributed by atoms with Gasteiger partial charge in [-0.3, -0.25) is 14.6 Å². The molecule has 1 atom stereocenters. The van der Waals surface area contributed by atoms with Crippen molar-refractivity contribution in [2.45, 2.75) is 33.4 Å². The van der Waals surface area contributed by atoms with Crippen molar-refractivity contribution in [3.63, 3.8) is 0 Å². The SMILES string of the molecule is CC(=O)NCc1ccc(C(=O)C(C)OC(=O)c2cc3cc(Cl)ccc3nc2C)s1. The topological polar surface area (TPSA) is 85.4 Å². The summed E-state index contributed by atoms with van der Waals surface area (Å²) in [5.41, 5.74) is 1.52. The lowest BCUT2D eigenvalue weighted by Crippen LogP contribution is -2.24. The minimum absolute atomic E-state index is 0.144. The lowest BCUT2D eigenvalue weighted by atomic mass is 10.1. The number of fused-ring (bicyclic) bond motifs is 1. The maximum absolute atomic E-state index is 12.6. The number of nitrogens with one attached hydrogen (secondary N) is 1. The number of Topliss-reactive ketones (excluding diaryl/α,β-unsaturated/α-hetero) is 1. The largest absolute Gasteiger partial charge is 0.451 e. The van der Waals surface area contributed by atoms with Gasteiger partial charge in [0.2, 0.25) is 11.7 Å². The molecular formula is C21H19ClN2O4S. The van der Waals surface area contributed by atoms with Gasteiger partial charge in [0.25, 0.3) is 0 Å². The van der Waals surface area contributed by atoms with Crippen LogP contribution in [0.4, 0.5) is 0 Å². The summed E-state index contributed by atoms with van der Waals surface area (Å²) in [6.45, 7) is 5.03. The third-order valence-electron chi connectivity index (χ3n) is 4.26. The highest BCUT2D eigenvalue weighted by molar-refractivity contribution is 7.14. The van der Waals surface area contributed by atoms with Crippen LogP contribution in [0.3, 0.4) is 0 Å². The monoisotopic (exact) mass is 430 g/mol. The molecule has 0 fully saturated rings. The highest BCUT2D eigenvalue weighted by Crippen LogP contribution is 2.23. The Balaban J connectivity index is 1.73. The third-order valence-corrected chi connectivity index (χ3v) is 5.59. The van der Waals surface area contributed by atoms with Gasteiger partial charge in [0.05, 0.1) is 28.2 Å². The zero-order valence-corrected chi connectivity index (χ0v) is 17.7. The maximum atomic E-state index is 12.6. The van der Waals surface area contributed by atoms with E-state index in [0.717, 1.165) is 15.8 Å². The summed E-state index contributed by atoms with van der Waals surface area (Å²) in [4.78, 5) is 42.0. The van der Waals surface area contributed by atoms with Crippen LogP contribution < -0.4 is 5.32 Å². The van der Waals surface area contributed by atoms with E-state index in [2.05, 4.69) is 10.3 Å². The Morgan fingerprint density at radius 2 is 1.97 bits per heavy atom. The van der Waals surface area contributed by atoms with Crippen LogP contribution in [0.25, 0.3) is 10.9 Å². The summed E-state index contributed by atoms with van der Waals surface area (Å²) in [6, 6.07) is 10.3. The van der Waals surface area contributed by atoms with Crippen molar-refractivity contribution in [3.8, 4) is 0 Å². The van der Waals surface area contributed by atoms with Crippen LogP contribution >= 0.6 is 22.9 Å². The van der Waals surface area contributed by atoms with E-state index >= 15 is 0 Å². The van der Waals surface area contributed by atoms with Crippen molar-refractivity contribution >= 4 is 51.5 Å². The molecule has 29 heavy (non-hydrogen) atoms. The van der Waals surface area contributed by atoms with Crippen molar-refractivity contribution in [1.29, 1.82) is 0 Å². The van der Waals surface area contributed by atoms with Crippen molar-refractivity contribution < 1.29 is 19.1 Å². The minimum Gasteiger partial charge on any atom is -0.451 e. The van der Waals surface area contributed by atoms with Crippen LogP contribution in [-0.4, -0.2) is 28.7 Å². The number of pyridine rings is 1. The molecule has 0 saturated carbocycles. The Labute approximate surface area is 176 Å². The molecule has 3 aromatic rings. The summed E-state index contributed by atoms with van der Waals surface area (Å²) in [7, 11) is 0. The molecule has 150 valence electrons. The molecule has 3 rings (SSSR count). The number of hydrogen-bond donors (Lipinski definition) is 1. The number of carbonyl (C=O) groups excluding carboxylic acids is 3. The first-order valence-electron chi connectivity index (χ1n) is 8.90. The van der Waals surface area contributed by atoms with E-state index in [1.165, 1.54) is 25.2 Å². The Bertz CT molecular complexity index is 1110. The molecule has 0 aliphatic carbocycles. The van der Waals surface area contributed by atoms with Gasteiger partial charge in [0, 0.05) is 22.2 Å².